The Hall–Kier alpha value is -1.30. The molecule has 0 aliphatic carbocycles. The van der Waals surface area contributed by atoms with Crippen LogP contribution < -0.4 is 0 Å². The second kappa shape index (κ2) is 4.42. The molecule has 0 atom stereocenters. The number of aromatic nitrogens is 2. The molecule has 0 unspecified atom stereocenters. The smallest absolute Gasteiger partial charge is 0.333 e. The second-order valence-corrected chi connectivity index (χ2v) is 4.90. The van der Waals surface area contributed by atoms with Gasteiger partial charge in [-0.2, -0.15) is 13.2 Å². The number of nitrogens with zero attached hydrogens (tertiary/aromatic N) is 2. The van der Waals surface area contributed by atoms with E-state index < -0.39 is 11.9 Å². The van der Waals surface area contributed by atoms with Crippen molar-refractivity contribution in [2.75, 3.05) is 0 Å². The van der Waals surface area contributed by atoms with E-state index in [0.717, 1.165) is 16.2 Å². The van der Waals surface area contributed by atoms with E-state index in [1.54, 1.807) is 19.2 Å². The molecule has 18 heavy (non-hydrogen) atoms. The third-order valence-corrected chi connectivity index (χ3v) is 3.22. The molecule has 0 aliphatic rings. The molecule has 2 nitrogen and oxygen atoms in total. The number of benzene rings is 1. The predicted molar refractivity (Wildman–Crippen MR) is 66.1 cm³/mol. The van der Waals surface area contributed by atoms with Gasteiger partial charge in [0.05, 0.1) is 0 Å². The van der Waals surface area contributed by atoms with E-state index in [-0.39, 0.29) is 5.82 Å². The summed E-state index contributed by atoms with van der Waals surface area (Å²) in [5, 5.41) is 0. The van der Waals surface area contributed by atoms with Crippen LogP contribution in [0.15, 0.2) is 28.9 Å². The molecule has 6 heteroatoms. The maximum atomic E-state index is 12.6. The molecule has 0 radical (unpaired) electrons. The lowest BCUT2D eigenvalue weighted by molar-refractivity contribution is -0.140. The molecular formula is C12H10BrF3N2. The summed E-state index contributed by atoms with van der Waals surface area (Å²) in [4.78, 5) is 3.66. The lowest BCUT2D eigenvalue weighted by atomic mass is 10.1. The van der Waals surface area contributed by atoms with Gasteiger partial charge in [-0.15, -0.1) is 0 Å². The van der Waals surface area contributed by atoms with Gasteiger partial charge in [-0.1, -0.05) is 27.6 Å². The first-order chi connectivity index (χ1) is 8.29. The van der Waals surface area contributed by atoms with Crippen LogP contribution in [0.2, 0.25) is 0 Å². The normalized spacial score (nSPS) is 11.9. The standard InChI is InChI=1S/C12H10BrF3N2/c1-7-3-4-9(13)8(5-7)11-17-10(6-18(11)2)12(14,15)16/h3-6H,1-2H3. The zero-order valence-electron chi connectivity index (χ0n) is 9.72. The Morgan fingerprint density at radius 1 is 1.28 bits per heavy atom. The number of hydrogen-bond donors (Lipinski definition) is 0. The van der Waals surface area contributed by atoms with Crippen molar-refractivity contribution < 1.29 is 13.2 Å². The Balaban J connectivity index is 2.58. The van der Waals surface area contributed by atoms with Gasteiger partial charge in [0.15, 0.2) is 5.69 Å². The number of aryl methyl sites for hydroxylation is 2. The minimum absolute atomic E-state index is 0.290. The molecule has 1 aromatic heterocycles. The van der Waals surface area contributed by atoms with Gasteiger partial charge < -0.3 is 4.57 Å². The summed E-state index contributed by atoms with van der Waals surface area (Å²) in [6.07, 6.45) is -3.43. The van der Waals surface area contributed by atoms with Crippen molar-refractivity contribution in [2.24, 2.45) is 7.05 Å². The lowest BCUT2D eigenvalue weighted by Crippen LogP contribution is -2.04. The fourth-order valence-corrected chi connectivity index (χ4v) is 2.09. The molecule has 1 aromatic carbocycles. The van der Waals surface area contributed by atoms with Crippen LogP contribution in [0, 0.1) is 6.92 Å². The molecular weight excluding hydrogens is 309 g/mol. The van der Waals surface area contributed by atoms with Crippen LogP contribution in [0.1, 0.15) is 11.3 Å². The van der Waals surface area contributed by atoms with E-state index in [4.69, 9.17) is 0 Å². The van der Waals surface area contributed by atoms with E-state index in [1.807, 2.05) is 13.0 Å². The molecule has 0 fully saturated rings. The molecule has 2 aromatic rings. The molecule has 0 N–H and O–H groups in total. The topological polar surface area (TPSA) is 17.8 Å². The van der Waals surface area contributed by atoms with Crippen molar-refractivity contribution in [3.05, 3.63) is 40.1 Å². The van der Waals surface area contributed by atoms with Crippen molar-refractivity contribution >= 4 is 15.9 Å². The Morgan fingerprint density at radius 3 is 2.50 bits per heavy atom. The van der Waals surface area contributed by atoms with E-state index in [2.05, 4.69) is 20.9 Å². The number of rotatable bonds is 1. The SMILES string of the molecule is Cc1ccc(Br)c(-c2nc(C(F)(F)F)cn2C)c1. The summed E-state index contributed by atoms with van der Waals surface area (Å²) in [5.41, 5.74) is 0.728. The predicted octanol–water partition coefficient (Wildman–Crippen LogP) is 4.18. The highest BCUT2D eigenvalue weighted by Crippen LogP contribution is 2.33. The minimum Gasteiger partial charge on any atom is -0.333 e. The van der Waals surface area contributed by atoms with Gasteiger partial charge in [-0.05, 0) is 19.1 Å². The summed E-state index contributed by atoms with van der Waals surface area (Å²) in [6.45, 7) is 1.88. The molecule has 0 saturated carbocycles. The largest absolute Gasteiger partial charge is 0.434 e. The van der Waals surface area contributed by atoms with Gasteiger partial charge in [-0.25, -0.2) is 4.98 Å². The molecule has 0 saturated heterocycles. The maximum Gasteiger partial charge on any atom is 0.434 e. The lowest BCUT2D eigenvalue weighted by Gasteiger charge is -2.05. The van der Waals surface area contributed by atoms with Gasteiger partial charge in [-0.3, -0.25) is 0 Å². The van der Waals surface area contributed by atoms with Crippen LogP contribution in [0.25, 0.3) is 11.4 Å². The number of hydrogen-bond acceptors (Lipinski definition) is 1. The summed E-state index contributed by atoms with van der Waals surface area (Å²) >= 11 is 3.33. The van der Waals surface area contributed by atoms with Crippen LogP contribution >= 0.6 is 15.9 Å². The van der Waals surface area contributed by atoms with Gasteiger partial charge in [0.25, 0.3) is 0 Å². The van der Waals surface area contributed by atoms with E-state index in [9.17, 15) is 13.2 Å². The summed E-state index contributed by atoms with van der Waals surface area (Å²) in [6, 6.07) is 5.47. The molecule has 0 spiro atoms. The monoisotopic (exact) mass is 318 g/mol. The molecule has 0 aliphatic heterocycles. The summed E-state index contributed by atoms with van der Waals surface area (Å²) < 4.78 is 39.9. The number of halogens is 4. The molecule has 2 rings (SSSR count). The van der Waals surface area contributed by atoms with Gasteiger partial charge >= 0.3 is 6.18 Å². The van der Waals surface area contributed by atoms with Crippen molar-refractivity contribution in [1.29, 1.82) is 0 Å². The third-order valence-electron chi connectivity index (χ3n) is 2.53. The number of imidazole rings is 1. The highest BCUT2D eigenvalue weighted by atomic mass is 79.9. The van der Waals surface area contributed by atoms with Crippen LogP contribution in [-0.2, 0) is 13.2 Å². The van der Waals surface area contributed by atoms with Crippen molar-refractivity contribution in [3.63, 3.8) is 0 Å². The van der Waals surface area contributed by atoms with Crippen molar-refractivity contribution in [1.82, 2.24) is 9.55 Å². The van der Waals surface area contributed by atoms with Crippen LogP contribution in [0.4, 0.5) is 13.2 Å². The Labute approximate surface area is 111 Å². The first-order valence-corrected chi connectivity index (χ1v) is 5.95. The highest BCUT2D eigenvalue weighted by molar-refractivity contribution is 9.10. The fourth-order valence-electron chi connectivity index (χ4n) is 1.66. The van der Waals surface area contributed by atoms with Gasteiger partial charge in [0.2, 0.25) is 0 Å². The fraction of sp³-hybridized carbons (Fsp3) is 0.250. The zero-order valence-corrected chi connectivity index (χ0v) is 11.3. The van der Waals surface area contributed by atoms with E-state index >= 15 is 0 Å². The summed E-state index contributed by atoms with van der Waals surface area (Å²) in [5.74, 6) is 0.290. The molecule has 1 heterocycles. The van der Waals surface area contributed by atoms with Crippen molar-refractivity contribution in [3.8, 4) is 11.4 Å². The average molecular weight is 319 g/mol. The van der Waals surface area contributed by atoms with Gasteiger partial charge in [0, 0.05) is 23.3 Å². The average Bonchev–Trinajstić information content (AvgIpc) is 2.64. The second-order valence-electron chi connectivity index (χ2n) is 4.04. The third kappa shape index (κ3) is 2.43. The minimum atomic E-state index is -4.42. The maximum absolute atomic E-state index is 12.6. The van der Waals surface area contributed by atoms with E-state index in [1.165, 1.54) is 4.57 Å². The first kappa shape index (κ1) is 13.1. The summed E-state index contributed by atoms with van der Waals surface area (Å²) in [7, 11) is 1.55. The zero-order chi connectivity index (χ0) is 13.5. The van der Waals surface area contributed by atoms with Gasteiger partial charge in [0.1, 0.15) is 5.82 Å². The molecule has 0 bridgehead atoms. The van der Waals surface area contributed by atoms with Crippen molar-refractivity contribution in [2.45, 2.75) is 13.1 Å². The molecule has 0 amide bonds. The molecule has 96 valence electrons. The Bertz CT molecular complexity index is 587. The van der Waals surface area contributed by atoms with Crippen LogP contribution in [0.5, 0.6) is 0 Å². The first-order valence-electron chi connectivity index (χ1n) is 5.16. The Kier molecular flexibility index (Phi) is 3.23. The van der Waals surface area contributed by atoms with Crippen LogP contribution in [0.3, 0.4) is 0 Å². The Morgan fingerprint density at radius 2 is 1.94 bits per heavy atom. The van der Waals surface area contributed by atoms with E-state index in [0.29, 0.717) is 5.56 Å². The highest BCUT2D eigenvalue weighted by Gasteiger charge is 2.34. The van der Waals surface area contributed by atoms with Crippen LogP contribution in [-0.4, -0.2) is 9.55 Å². The number of alkyl halides is 3. The quantitative estimate of drug-likeness (QED) is 0.771.